The average molecular weight is 481 g/mol. The number of thiophene rings is 1. The molecule has 32 heavy (non-hydrogen) atoms. The quantitative estimate of drug-likeness (QED) is 0.429. The molecule has 1 saturated carbocycles. The molecule has 9 heteroatoms. The number of nitrogens with zero attached hydrogens (tertiary/aromatic N) is 2. The van der Waals surface area contributed by atoms with Crippen LogP contribution in [-0.4, -0.2) is 36.6 Å². The third kappa shape index (κ3) is 6.19. The lowest BCUT2D eigenvalue weighted by Crippen LogP contribution is -2.47. The first-order valence-electron chi connectivity index (χ1n) is 11.0. The van der Waals surface area contributed by atoms with Crippen molar-refractivity contribution in [3.63, 3.8) is 0 Å². The maximum absolute atomic E-state index is 12.8. The van der Waals surface area contributed by atoms with Crippen LogP contribution in [0.2, 0.25) is 5.02 Å². The Bertz CT molecular complexity index is 919. The van der Waals surface area contributed by atoms with Crippen molar-refractivity contribution in [2.75, 3.05) is 23.4 Å². The Morgan fingerprint density at radius 3 is 2.84 bits per heavy atom. The summed E-state index contributed by atoms with van der Waals surface area (Å²) in [6.07, 6.45) is 7.32. The van der Waals surface area contributed by atoms with Gasteiger partial charge < -0.3 is 10.6 Å². The van der Waals surface area contributed by atoms with Crippen LogP contribution in [0, 0.1) is 12.8 Å². The zero-order valence-corrected chi connectivity index (χ0v) is 20.0. The molecule has 0 radical (unpaired) electrons. The van der Waals surface area contributed by atoms with Crippen molar-refractivity contribution < 1.29 is 14.0 Å². The Morgan fingerprint density at radius 1 is 1.41 bits per heavy atom. The van der Waals surface area contributed by atoms with E-state index in [0.29, 0.717) is 28.8 Å². The number of carbonyl (C=O) groups excluding carboxylic acids is 2. The Hall–Kier alpha value is -2.19. The molecule has 2 aromatic heterocycles. The van der Waals surface area contributed by atoms with Gasteiger partial charge in [-0.2, -0.15) is 0 Å². The van der Waals surface area contributed by atoms with E-state index >= 15 is 0 Å². The van der Waals surface area contributed by atoms with Crippen molar-refractivity contribution in [1.82, 2.24) is 10.3 Å². The van der Waals surface area contributed by atoms with Gasteiger partial charge in [0.15, 0.2) is 0 Å². The molecule has 2 aromatic rings. The molecular formula is C23H30ClFN4O2S. The molecule has 1 aliphatic carbocycles. The van der Waals surface area contributed by atoms with Crippen molar-refractivity contribution in [3.05, 3.63) is 40.0 Å². The van der Waals surface area contributed by atoms with Crippen molar-refractivity contribution >= 4 is 45.9 Å². The molecule has 2 atom stereocenters. The van der Waals surface area contributed by atoms with Crippen LogP contribution in [-0.2, 0) is 9.59 Å². The van der Waals surface area contributed by atoms with E-state index in [-0.39, 0.29) is 18.5 Å². The van der Waals surface area contributed by atoms with Gasteiger partial charge in [0.2, 0.25) is 12.3 Å². The number of halogens is 2. The average Bonchev–Trinajstić information content (AvgIpc) is 3.47. The van der Waals surface area contributed by atoms with Crippen LogP contribution in [0.15, 0.2) is 24.4 Å². The molecule has 3 rings (SSSR count). The number of hydrogen-bond donors (Lipinski definition) is 2. The maximum Gasteiger partial charge on any atom is 0.243 e. The van der Waals surface area contributed by atoms with Crippen LogP contribution in [0.4, 0.5) is 15.1 Å². The summed E-state index contributed by atoms with van der Waals surface area (Å²) in [4.78, 5) is 31.7. The fraction of sp³-hybridized carbons (Fsp3) is 0.522. The summed E-state index contributed by atoms with van der Waals surface area (Å²) >= 11 is 7.53. The first kappa shape index (κ1) is 24.5. The highest BCUT2D eigenvalue weighted by molar-refractivity contribution is 7.16. The van der Waals surface area contributed by atoms with Crippen molar-refractivity contribution in [1.29, 1.82) is 0 Å². The summed E-state index contributed by atoms with van der Waals surface area (Å²) in [6.45, 7) is 3.25. The largest absolute Gasteiger partial charge is 0.376 e. The summed E-state index contributed by atoms with van der Waals surface area (Å²) in [6, 6.07) is 4.96. The fourth-order valence-electron chi connectivity index (χ4n) is 4.15. The number of carbonyl (C=O) groups is 2. The third-order valence-electron chi connectivity index (χ3n) is 5.90. The second kappa shape index (κ2) is 11.6. The molecule has 0 saturated heterocycles. The minimum absolute atomic E-state index is 0.0453. The minimum Gasteiger partial charge on any atom is -0.376 e. The van der Waals surface area contributed by atoms with Crippen molar-refractivity contribution in [3.8, 4) is 0 Å². The molecule has 0 bridgehead atoms. The van der Waals surface area contributed by atoms with E-state index in [1.807, 2.05) is 32.0 Å². The summed E-state index contributed by atoms with van der Waals surface area (Å²) in [5.41, 5.74) is 1.69. The number of anilines is 2. The van der Waals surface area contributed by atoms with Gasteiger partial charge in [-0.15, -0.1) is 11.3 Å². The minimum atomic E-state index is -0.642. The predicted octanol–water partition coefficient (Wildman–Crippen LogP) is 5.28. The molecule has 0 aromatic carbocycles. The van der Waals surface area contributed by atoms with E-state index in [4.69, 9.17) is 11.6 Å². The number of aromatic nitrogens is 1. The van der Waals surface area contributed by atoms with Gasteiger partial charge >= 0.3 is 0 Å². The van der Waals surface area contributed by atoms with Gasteiger partial charge in [-0.05, 0) is 44.4 Å². The van der Waals surface area contributed by atoms with Gasteiger partial charge in [-0.25, -0.2) is 4.39 Å². The van der Waals surface area contributed by atoms with Crippen molar-refractivity contribution in [2.24, 2.45) is 5.92 Å². The Morgan fingerprint density at radius 2 is 2.16 bits per heavy atom. The topological polar surface area (TPSA) is 74.3 Å². The van der Waals surface area contributed by atoms with E-state index in [9.17, 15) is 14.0 Å². The monoisotopic (exact) mass is 480 g/mol. The summed E-state index contributed by atoms with van der Waals surface area (Å²) in [7, 11) is 0. The van der Waals surface area contributed by atoms with Gasteiger partial charge in [0.1, 0.15) is 12.7 Å². The lowest BCUT2D eigenvalue weighted by molar-refractivity contribution is -0.124. The van der Waals surface area contributed by atoms with E-state index in [2.05, 4.69) is 15.6 Å². The van der Waals surface area contributed by atoms with E-state index in [1.165, 1.54) is 16.2 Å². The molecule has 6 nitrogen and oxygen atoms in total. The molecule has 2 N–H and O–H groups in total. The van der Waals surface area contributed by atoms with Crippen LogP contribution in [0.1, 0.15) is 55.6 Å². The maximum atomic E-state index is 12.8. The Kier molecular flexibility index (Phi) is 8.87. The van der Waals surface area contributed by atoms with Crippen molar-refractivity contribution in [2.45, 2.75) is 58.0 Å². The first-order valence-corrected chi connectivity index (χ1v) is 12.2. The molecule has 0 aliphatic heterocycles. The smallest absolute Gasteiger partial charge is 0.243 e. The summed E-state index contributed by atoms with van der Waals surface area (Å²) in [5.74, 6) is 0.0975. The third-order valence-corrected chi connectivity index (χ3v) is 7.38. The van der Waals surface area contributed by atoms with E-state index in [0.717, 1.165) is 41.9 Å². The van der Waals surface area contributed by atoms with Crippen LogP contribution in [0.5, 0.6) is 0 Å². The zero-order chi connectivity index (χ0) is 23.1. The second-order valence-corrected chi connectivity index (χ2v) is 9.75. The molecule has 2 amide bonds. The number of hydrogen-bond acceptors (Lipinski definition) is 5. The number of pyridine rings is 1. The molecule has 1 fully saturated rings. The highest BCUT2D eigenvalue weighted by Gasteiger charge is 2.31. The summed E-state index contributed by atoms with van der Waals surface area (Å²) < 4.78 is 12.6. The molecule has 0 spiro atoms. The van der Waals surface area contributed by atoms with E-state index in [1.54, 1.807) is 6.20 Å². The number of aryl methyl sites for hydroxylation is 1. The van der Waals surface area contributed by atoms with Crippen LogP contribution in [0.3, 0.4) is 0 Å². The highest BCUT2D eigenvalue weighted by atomic mass is 35.5. The Balaban J connectivity index is 1.77. The number of alkyl halides is 1. The normalized spacial score (nSPS) is 15.9. The predicted molar refractivity (Wildman–Crippen MR) is 128 cm³/mol. The van der Waals surface area contributed by atoms with Gasteiger partial charge in [0.05, 0.1) is 27.4 Å². The van der Waals surface area contributed by atoms with Gasteiger partial charge in [-0.1, -0.05) is 37.3 Å². The molecule has 1 aliphatic rings. The first-order chi connectivity index (χ1) is 15.4. The molecule has 2 heterocycles. The lowest BCUT2D eigenvalue weighted by Gasteiger charge is -2.28. The fourth-order valence-corrected chi connectivity index (χ4v) is 5.33. The highest BCUT2D eigenvalue weighted by Crippen LogP contribution is 2.36. The van der Waals surface area contributed by atoms with Crippen LogP contribution < -0.4 is 15.5 Å². The number of nitrogens with one attached hydrogen (secondary N) is 2. The summed E-state index contributed by atoms with van der Waals surface area (Å²) in [5, 5.41) is 7.29. The van der Waals surface area contributed by atoms with Gasteiger partial charge in [0.25, 0.3) is 0 Å². The number of rotatable bonds is 11. The standard InChI is InChI=1S/C23H30ClFN4O2S/c1-15-19(12-18(24)13-27-15)28-16(2)21-7-8-22(32-21)29(14-30)20(23(31)26-10-9-25)11-17-5-3-4-6-17/h7-8,12-14,16-17,20,28H,3-6,9-11H2,1-2H3,(H,26,31)/t16-,20-/m0/s1. The second-order valence-electron chi connectivity index (χ2n) is 8.22. The molecular weight excluding hydrogens is 451 g/mol. The molecule has 174 valence electrons. The van der Waals surface area contributed by atoms with E-state index < -0.39 is 12.7 Å². The number of amides is 2. The molecule has 0 unspecified atom stereocenters. The Labute approximate surface area is 197 Å². The zero-order valence-electron chi connectivity index (χ0n) is 18.4. The lowest BCUT2D eigenvalue weighted by atomic mass is 9.97. The van der Waals surface area contributed by atoms with Gasteiger partial charge in [-0.3, -0.25) is 19.5 Å². The van der Waals surface area contributed by atoms with Gasteiger partial charge in [0, 0.05) is 17.6 Å². The van der Waals surface area contributed by atoms with Crippen LogP contribution >= 0.6 is 22.9 Å². The SMILES string of the molecule is Cc1ncc(Cl)cc1N[C@@H](C)c1ccc(N(C=O)[C@@H](CC2CCCC2)C(=O)NCCF)s1. The van der Waals surface area contributed by atoms with Crippen LogP contribution in [0.25, 0.3) is 0 Å².